The molecule has 4 aliphatic rings. The summed E-state index contributed by atoms with van der Waals surface area (Å²) in [7, 11) is 0. The van der Waals surface area contributed by atoms with Gasteiger partial charge in [-0.05, 0) is 29.5 Å². The van der Waals surface area contributed by atoms with Crippen LogP contribution < -0.4 is 10.5 Å². The van der Waals surface area contributed by atoms with E-state index in [1.54, 1.807) is 12.1 Å². The van der Waals surface area contributed by atoms with Crippen LogP contribution in [0.4, 0.5) is 5.82 Å². The molecular formula is C27H30ClN3O6S. The molecule has 38 heavy (non-hydrogen) atoms. The molecule has 2 aromatic rings. The van der Waals surface area contributed by atoms with Crippen LogP contribution in [0.2, 0.25) is 5.02 Å². The molecule has 2 saturated heterocycles. The summed E-state index contributed by atoms with van der Waals surface area (Å²) < 4.78 is 22.7. The van der Waals surface area contributed by atoms with Gasteiger partial charge in [0.15, 0.2) is 23.5 Å². The Bertz CT molecular complexity index is 1320. The number of ether oxygens (including phenoxy) is 4. The van der Waals surface area contributed by atoms with Crippen LogP contribution in [0.1, 0.15) is 43.7 Å². The number of ketones is 1. The molecule has 3 aliphatic heterocycles. The molecule has 0 spiro atoms. The van der Waals surface area contributed by atoms with Crippen LogP contribution in [0.5, 0.6) is 0 Å². The van der Waals surface area contributed by atoms with Crippen LogP contribution in [0.15, 0.2) is 45.5 Å². The van der Waals surface area contributed by atoms with E-state index in [4.69, 9.17) is 35.5 Å². The number of thioether (sulfide) groups is 1. The number of nitrogens with zero attached hydrogens (tertiary/aromatic N) is 2. The molecule has 1 N–H and O–H groups in total. The quantitative estimate of drug-likeness (QED) is 0.417. The maximum absolute atomic E-state index is 13.8. The van der Waals surface area contributed by atoms with Crippen LogP contribution in [-0.4, -0.2) is 67.1 Å². The van der Waals surface area contributed by atoms with Gasteiger partial charge in [-0.2, -0.15) is 0 Å². The van der Waals surface area contributed by atoms with Gasteiger partial charge in [-0.3, -0.25) is 9.59 Å². The van der Waals surface area contributed by atoms with Gasteiger partial charge in [0.2, 0.25) is 0 Å². The van der Waals surface area contributed by atoms with Gasteiger partial charge >= 0.3 is 0 Å². The van der Waals surface area contributed by atoms with Gasteiger partial charge in [0.25, 0.3) is 5.56 Å². The number of halogens is 1. The summed E-state index contributed by atoms with van der Waals surface area (Å²) in [6.07, 6.45) is 0.230. The van der Waals surface area contributed by atoms with E-state index in [2.05, 4.69) is 18.8 Å². The number of fused-ring (bicyclic) bond motifs is 1. The molecule has 0 bridgehead atoms. The van der Waals surface area contributed by atoms with Gasteiger partial charge < -0.3 is 28.8 Å². The highest BCUT2D eigenvalue weighted by molar-refractivity contribution is 7.99. The van der Waals surface area contributed by atoms with Crippen molar-refractivity contribution in [2.75, 3.05) is 43.6 Å². The molecule has 202 valence electrons. The third kappa shape index (κ3) is 5.05. The van der Waals surface area contributed by atoms with Gasteiger partial charge in [-0.15, -0.1) is 0 Å². The van der Waals surface area contributed by atoms with E-state index in [0.29, 0.717) is 78.7 Å². The number of aromatic nitrogens is 2. The Morgan fingerprint density at radius 1 is 1.03 bits per heavy atom. The van der Waals surface area contributed by atoms with Crippen LogP contribution in [-0.2, 0) is 23.7 Å². The zero-order valence-corrected chi connectivity index (χ0v) is 22.9. The molecule has 4 heterocycles. The number of benzene rings is 1. The number of nitrogens with one attached hydrogen (secondary N) is 1. The third-order valence-electron chi connectivity index (χ3n) is 7.24. The Labute approximate surface area is 229 Å². The Morgan fingerprint density at radius 3 is 2.37 bits per heavy atom. The van der Waals surface area contributed by atoms with Crippen molar-refractivity contribution in [2.24, 2.45) is 5.41 Å². The molecule has 9 nitrogen and oxygen atoms in total. The molecule has 0 saturated carbocycles. The first-order valence-corrected chi connectivity index (χ1v) is 14.2. The summed E-state index contributed by atoms with van der Waals surface area (Å²) in [5.41, 5.74) is 2.24. The highest BCUT2D eigenvalue weighted by Crippen LogP contribution is 2.50. The number of rotatable bonds is 6. The first-order chi connectivity index (χ1) is 18.3. The fraction of sp³-hybridized carbons (Fsp3) is 0.519. The van der Waals surface area contributed by atoms with Crippen molar-refractivity contribution < 1.29 is 23.7 Å². The normalized spacial score (nSPS) is 23.7. The molecule has 1 aromatic carbocycles. The minimum atomic E-state index is -0.556. The summed E-state index contributed by atoms with van der Waals surface area (Å²) in [4.78, 5) is 37.5. The number of anilines is 1. The van der Waals surface area contributed by atoms with Crippen molar-refractivity contribution in [1.29, 1.82) is 0 Å². The van der Waals surface area contributed by atoms with Crippen LogP contribution in [0.25, 0.3) is 0 Å². The van der Waals surface area contributed by atoms with Crippen LogP contribution in [0.3, 0.4) is 0 Å². The fourth-order valence-corrected chi connectivity index (χ4v) is 6.55. The van der Waals surface area contributed by atoms with Gasteiger partial charge in [0.1, 0.15) is 5.82 Å². The van der Waals surface area contributed by atoms with E-state index in [1.165, 1.54) is 11.8 Å². The van der Waals surface area contributed by atoms with Crippen molar-refractivity contribution in [3.05, 3.63) is 62.0 Å². The zero-order chi connectivity index (χ0) is 26.4. The molecule has 0 amide bonds. The number of Topliss-reactive ketones (excluding diaryl/α,β-unsaturated/α-hetero) is 1. The summed E-state index contributed by atoms with van der Waals surface area (Å²) >= 11 is 7.57. The lowest BCUT2D eigenvalue weighted by molar-refractivity contribution is -0.118. The third-order valence-corrected chi connectivity index (χ3v) is 8.40. The summed E-state index contributed by atoms with van der Waals surface area (Å²) in [6, 6.07) is 7.33. The van der Waals surface area contributed by atoms with Gasteiger partial charge in [-0.25, -0.2) is 4.98 Å². The number of hydrogen-bond acceptors (Lipinski definition) is 9. The van der Waals surface area contributed by atoms with E-state index in [0.717, 1.165) is 11.3 Å². The molecule has 1 atom stereocenters. The lowest BCUT2D eigenvalue weighted by atomic mass is 9.68. The Balaban J connectivity index is 1.50. The summed E-state index contributed by atoms with van der Waals surface area (Å²) in [6.45, 7) is 6.63. The van der Waals surface area contributed by atoms with E-state index >= 15 is 0 Å². The molecule has 11 heteroatoms. The van der Waals surface area contributed by atoms with Gasteiger partial charge in [0.05, 0.1) is 44.3 Å². The first kappa shape index (κ1) is 26.0. The number of carbonyl (C=O) groups excluding carboxylic acids is 1. The van der Waals surface area contributed by atoms with E-state index < -0.39 is 12.2 Å². The molecule has 1 aromatic heterocycles. The van der Waals surface area contributed by atoms with Crippen molar-refractivity contribution >= 4 is 35.0 Å². The average Bonchev–Trinajstić information content (AvgIpc) is 3.58. The molecule has 1 aliphatic carbocycles. The number of hydrogen-bond donors (Lipinski definition) is 1. The van der Waals surface area contributed by atoms with Crippen molar-refractivity contribution in [2.45, 2.75) is 50.3 Å². The lowest BCUT2D eigenvalue weighted by Crippen LogP contribution is -2.45. The van der Waals surface area contributed by atoms with Gasteiger partial charge in [-0.1, -0.05) is 49.3 Å². The Morgan fingerprint density at radius 2 is 1.68 bits per heavy atom. The lowest BCUT2D eigenvalue weighted by Gasteiger charge is -2.44. The smallest absolute Gasteiger partial charge is 0.257 e. The number of H-pyrrole nitrogens is 1. The minimum Gasteiger partial charge on any atom is -0.349 e. The fourth-order valence-electron chi connectivity index (χ4n) is 5.62. The molecule has 2 fully saturated rings. The van der Waals surface area contributed by atoms with Crippen molar-refractivity contribution in [3.8, 4) is 0 Å². The summed E-state index contributed by atoms with van der Waals surface area (Å²) in [5, 5.41) is 1.05. The second kappa shape index (κ2) is 10.4. The molecule has 0 radical (unpaired) electrons. The highest BCUT2D eigenvalue weighted by Gasteiger charge is 2.46. The minimum absolute atomic E-state index is 0.0356. The topological polar surface area (TPSA) is 103 Å². The number of carbonyl (C=O) groups is 1. The highest BCUT2D eigenvalue weighted by atomic mass is 35.5. The predicted octanol–water partition coefficient (Wildman–Crippen LogP) is 3.86. The van der Waals surface area contributed by atoms with Crippen molar-refractivity contribution in [3.63, 3.8) is 0 Å². The van der Waals surface area contributed by atoms with E-state index in [1.807, 2.05) is 17.0 Å². The number of aromatic amines is 1. The molecular weight excluding hydrogens is 530 g/mol. The van der Waals surface area contributed by atoms with Crippen LogP contribution >= 0.6 is 23.4 Å². The standard InChI is InChI=1S/C27H30ClN3O6S/c1-27(2)11-17-22(18(32)12-27)21(15-3-5-16(28)6-4-15)23-24(31(17)13-19-34-7-8-35-19)29-26(30-25(23)33)38-14-20-36-9-10-37-20/h3-6,19-21H,7-14H2,1-2H3,(H,29,30,33)/t21-/m1/s1. The Kier molecular flexibility index (Phi) is 7.13. The monoisotopic (exact) mass is 559 g/mol. The predicted molar refractivity (Wildman–Crippen MR) is 143 cm³/mol. The van der Waals surface area contributed by atoms with E-state index in [9.17, 15) is 9.59 Å². The largest absolute Gasteiger partial charge is 0.349 e. The van der Waals surface area contributed by atoms with E-state index in [-0.39, 0.29) is 23.0 Å². The van der Waals surface area contributed by atoms with Gasteiger partial charge in [0, 0.05) is 28.6 Å². The Hall–Kier alpha value is -2.21. The van der Waals surface area contributed by atoms with Crippen molar-refractivity contribution in [1.82, 2.24) is 9.97 Å². The average molecular weight is 560 g/mol. The summed E-state index contributed by atoms with van der Waals surface area (Å²) in [5.74, 6) is 0.497. The van der Waals surface area contributed by atoms with Crippen LogP contribution in [0, 0.1) is 5.41 Å². The second-order valence-electron chi connectivity index (χ2n) is 10.7. The zero-order valence-electron chi connectivity index (χ0n) is 21.3. The second-order valence-corrected chi connectivity index (χ2v) is 12.1. The maximum atomic E-state index is 13.8. The number of allylic oxidation sites excluding steroid dienone is 2. The first-order valence-electron chi connectivity index (χ1n) is 12.8. The maximum Gasteiger partial charge on any atom is 0.257 e. The molecule has 0 unspecified atom stereocenters. The SMILES string of the molecule is CC1(C)CC(=O)C2=C(C1)N(CC1OCCO1)c1nc(SCC3OCCO3)[nH]c(=O)c1[C@@H]2c1ccc(Cl)cc1. The molecule has 6 rings (SSSR count).